The van der Waals surface area contributed by atoms with Gasteiger partial charge in [-0.2, -0.15) is 5.10 Å². The summed E-state index contributed by atoms with van der Waals surface area (Å²) < 4.78 is 28.3. The number of anilines is 1. The van der Waals surface area contributed by atoms with Gasteiger partial charge in [-0.15, -0.1) is 0 Å². The largest absolute Gasteiger partial charge is 0.387 e. The van der Waals surface area contributed by atoms with Crippen LogP contribution in [0.5, 0.6) is 0 Å². The zero-order valence-electron chi connectivity index (χ0n) is 12.0. The second kappa shape index (κ2) is 6.41. The molecule has 1 aliphatic rings. The Morgan fingerprint density at radius 2 is 2.27 bits per heavy atom. The molecule has 1 aromatic carbocycles. The van der Waals surface area contributed by atoms with Gasteiger partial charge < -0.3 is 15.7 Å². The van der Waals surface area contributed by atoms with E-state index in [1.807, 2.05) is 10.7 Å². The highest BCUT2D eigenvalue weighted by Gasteiger charge is 2.19. The third-order valence-corrected chi connectivity index (χ3v) is 3.81. The van der Waals surface area contributed by atoms with Gasteiger partial charge in [0.1, 0.15) is 17.5 Å². The summed E-state index contributed by atoms with van der Waals surface area (Å²) in [5.41, 5.74) is 0.102. The number of nitrogens with one attached hydrogen (secondary N) is 2. The number of aliphatic hydroxyl groups is 1. The fraction of sp³-hybridized carbons (Fsp3) is 0.400. The lowest BCUT2D eigenvalue weighted by atomic mass is 10.1. The zero-order valence-corrected chi connectivity index (χ0v) is 12.0. The summed E-state index contributed by atoms with van der Waals surface area (Å²) >= 11 is 0. The number of fused-ring (bicyclic) bond motifs is 1. The number of hydrogen-bond acceptors (Lipinski definition) is 4. The molecule has 1 aromatic heterocycles. The molecule has 3 N–H and O–H groups in total. The molecule has 2 atom stereocenters. The molecule has 5 nitrogen and oxygen atoms in total. The van der Waals surface area contributed by atoms with Gasteiger partial charge in [-0.1, -0.05) is 6.07 Å². The highest BCUT2D eigenvalue weighted by Crippen LogP contribution is 2.18. The molecule has 1 aliphatic heterocycles. The van der Waals surface area contributed by atoms with Crippen molar-refractivity contribution in [2.45, 2.75) is 12.6 Å². The predicted octanol–water partition coefficient (Wildman–Crippen LogP) is 1.53. The topological polar surface area (TPSA) is 62.1 Å². The van der Waals surface area contributed by atoms with Crippen molar-refractivity contribution in [2.75, 3.05) is 25.0 Å². The molecule has 22 heavy (non-hydrogen) atoms. The van der Waals surface area contributed by atoms with Crippen LogP contribution in [0.3, 0.4) is 0 Å². The fourth-order valence-corrected chi connectivity index (χ4v) is 2.63. The lowest BCUT2D eigenvalue weighted by Gasteiger charge is -2.25. The van der Waals surface area contributed by atoms with Crippen LogP contribution in [0.4, 0.5) is 14.6 Å². The summed E-state index contributed by atoms with van der Waals surface area (Å²) in [6.45, 7) is 2.50. The van der Waals surface area contributed by atoms with Crippen molar-refractivity contribution in [2.24, 2.45) is 5.92 Å². The van der Waals surface area contributed by atoms with Crippen molar-refractivity contribution in [1.82, 2.24) is 15.1 Å². The number of halogens is 2. The van der Waals surface area contributed by atoms with Gasteiger partial charge >= 0.3 is 0 Å². The first-order chi connectivity index (χ1) is 10.6. The number of aliphatic hydroxyl groups excluding tert-OH is 1. The minimum Gasteiger partial charge on any atom is -0.387 e. The Balaban J connectivity index is 1.49. The van der Waals surface area contributed by atoms with Crippen LogP contribution in [0.2, 0.25) is 0 Å². The van der Waals surface area contributed by atoms with Gasteiger partial charge in [-0.25, -0.2) is 13.5 Å². The maximum absolute atomic E-state index is 13.6. The molecule has 0 radical (unpaired) electrons. The van der Waals surface area contributed by atoms with E-state index in [0.717, 1.165) is 31.0 Å². The van der Waals surface area contributed by atoms with E-state index in [1.165, 1.54) is 6.07 Å². The SMILES string of the molecule is O[C@@H](CNC[C@@H]1CNc2ccnn2C1)c1ccc(F)cc1F. The summed E-state index contributed by atoms with van der Waals surface area (Å²) in [6, 6.07) is 5.12. The minimum absolute atomic E-state index is 0.102. The number of nitrogens with zero attached hydrogens (tertiary/aromatic N) is 2. The predicted molar refractivity (Wildman–Crippen MR) is 78.4 cm³/mol. The first-order valence-electron chi connectivity index (χ1n) is 7.23. The summed E-state index contributed by atoms with van der Waals surface area (Å²) in [7, 11) is 0. The van der Waals surface area contributed by atoms with E-state index in [1.54, 1.807) is 6.20 Å². The van der Waals surface area contributed by atoms with Crippen molar-refractivity contribution in [3.63, 3.8) is 0 Å². The monoisotopic (exact) mass is 308 g/mol. The van der Waals surface area contributed by atoms with E-state index < -0.39 is 17.7 Å². The van der Waals surface area contributed by atoms with Crippen molar-refractivity contribution in [1.29, 1.82) is 0 Å². The molecular weight excluding hydrogens is 290 g/mol. The van der Waals surface area contributed by atoms with Crippen LogP contribution in [-0.2, 0) is 6.54 Å². The Hall–Kier alpha value is -1.99. The van der Waals surface area contributed by atoms with Gasteiger partial charge in [0.2, 0.25) is 0 Å². The van der Waals surface area contributed by atoms with Crippen LogP contribution in [0.25, 0.3) is 0 Å². The quantitative estimate of drug-likeness (QED) is 0.784. The van der Waals surface area contributed by atoms with E-state index >= 15 is 0 Å². The summed E-state index contributed by atoms with van der Waals surface area (Å²) in [5.74, 6) is -0.0399. The van der Waals surface area contributed by atoms with E-state index in [9.17, 15) is 13.9 Å². The van der Waals surface area contributed by atoms with Crippen LogP contribution in [-0.4, -0.2) is 34.5 Å². The first kappa shape index (κ1) is 14.9. The summed E-state index contributed by atoms with van der Waals surface area (Å²) in [5, 5.41) is 20.6. The Labute approximate surface area is 127 Å². The Morgan fingerprint density at radius 3 is 3.09 bits per heavy atom. The minimum atomic E-state index is -1.00. The normalized spacial score (nSPS) is 18.6. The van der Waals surface area contributed by atoms with E-state index in [-0.39, 0.29) is 12.1 Å². The third kappa shape index (κ3) is 3.26. The number of rotatable bonds is 5. The van der Waals surface area contributed by atoms with E-state index in [4.69, 9.17) is 0 Å². The molecule has 0 fully saturated rings. The molecule has 0 saturated carbocycles. The highest BCUT2D eigenvalue weighted by molar-refractivity contribution is 5.35. The summed E-state index contributed by atoms with van der Waals surface area (Å²) in [4.78, 5) is 0. The van der Waals surface area contributed by atoms with Crippen molar-refractivity contribution >= 4 is 5.82 Å². The van der Waals surface area contributed by atoms with Gasteiger partial charge in [-0.05, 0) is 6.07 Å². The van der Waals surface area contributed by atoms with E-state index in [2.05, 4.69) is 15.7 Å². The average Bonchev–Trinajstić information content (AvgIpc) is 2.94. The average molecular weight is 308 g/mol. The second-order valence-corrected chi connectivity index (χ2v) is 5.49. The molecular formula is C15H18F2N4O. The Morgan fingerprint density at radius 1 is 1.41 bits per heavy atom. The molecule has 0 bridgehead atoms. The maximum Gasteiger partial charge on any atom is 0.131 e. The van der Waals surface area contributed by atoms with Crippen LogP contribution in [0.15, 0.2) is 30.5 Å². The molecule has 0 amide bonds. The van der Waals surface area contributed by atoms with Gasteiger partial charge in [-0.3, -0.25) is 0 Å². The van der Waals surface area contributed by atoms with Gasteiger partial charge in [0.15, 0.2) is 0 Å². The summed E-state index contributed by atoms with van der Waals surface area (Å²) in [6.07, 6.45) is 0.747. The third-order valence-electron chi connectivity index (χ3n) is 3.81. The van der Waals surface area contributed by atoms with Gasteiger partial charge in [0.25, 0.3) is 0 Å². The fourth-order valence-electron chi connectivity index (χ4n) is 2.63. The highest BCUT2D eigenvalue weighted by atomic mass is 19.1. The Bertz CT molecular complexity index is 646. The molecule has 0 aliphatic carbocycles. The number of benzene rings is 1. The van der Waals surface area contributed by atoms with Gasteiger partial charge in [0.05, 0.1) is 12.3 Å². The van der Waals surface area contributed by atoms with Crippen molar-refractivity contribution in [3.8, 4) is 0 Å². The molecule has 0 unspecified atom stereocenters. The smallest absolute Gasteiger partial charge is 0.131 e. The molecule has 2 aromatic rings. The van der Waals surface area contributed by atoms with E-state index in [0.29, 0.717) is 12.5 Å². The number of hydrogen-bond donors (Lipinski definition) is 3. The zero-order chi connectivity index (χ0) is 15.5. The van der Waals surface area contributed by atoms with Crippen LogP contribution >= 0.6 is 0 Å². The second-order valence-electron chi connectivity index (χ2n) is 5.49. The standard InChI is InChI=1S/C15H18F2N4O/c16-11-1-2-12(13(17)5-11)14(22)8-18-6-10-7-19-15-3-4-20-21(15)9-10/h1-5,10,14,18-19,22H,6-9H2/t10-,14+/m1/s1. The molecule has 3 rings (SSSR count). The lowest BCUT2D eigenvalue weighted by molar-refractivity contribution is 0.167. The molecule has 2 heterocycles. The molecule has 7 heteroatoms. The molecule has 0 spiro atoms. The maximum atomic E-state index is 13.6. The van der Waals surface area contributed by atoms with Crippen LogP contribution in [0.1, 0.15) is 11.7 Å². The van der Waals surface area contributed by atoms with Crippen LogP contribution in [0, 0.1) is 17.6 Å². The van der Waals surface area contributed by atoms with Crippen molar-refractivity contribution in [3.05, 3.63) is 47.7 Å². The first-order valence-corrected chi connectivity index (χ1v) is 7.23. The number of aromatic nitrogens is 2. The van der Waals surface area contributed by atoms with Crippen LogP contribution < -0.4 is 10.6 Å². The lowest BCUT2D eigenvalue weighted by Crippen LogP contribution is -2.36. The Kier molecular flexibility index (Phi) is 4.35. The molecule has 118 valence electrons. The van der Waals surface area contributed by atoms with Gasteiger partial charge in [0, 0.05) is 49.8 Å². The molecule has 0 saturated heterocycles. The van der Waals surface area contributed by atoms with Crippen molar-refractivity contribution < 1.29 is 13.9 Å².